The number of methoxy groups -OCH3 is 2. The number of ether oxygens (including phenoxy) is 2. The van der Waals surface area contributed by atoms with Gasteiger partial charge in [-0.1, -0.05) is 29.3 Å². The molecule has 0 radical (unpaired) electrons. The van der Waals surface area contributed by atoms with Gasteiger partial charge in [0.1, 0.15) is 0 Å². The van der Waals surface area contributed by atoms with Crippen molar-refractivity contribution in [1.29, 1.82) is 0 Å². The first-order chi connectivity index (χ1) is 7.58. The summed E-state index contributed by atoms with van der Waals surface area (Å²) < 4.78 is 9.42. The number of hydrogen-bond acceptors (Lipinski definition) is 4. The van der Waals surface area contributed by atoms with Crippen molar-refractivity contribution in [2.75, 3.05) is 19.5 Å². The Labute approximate surface area is 105 Å². The summed E-state index contributed by atoms with van der Waals surface area (Å²) in [5, 5.41) is 0.856. The normalized spacial score (nSPS) is 11.0. The number of carbonyl (C=O) groups is 2. The van der Waals surface area contributed by atoms with Crippen LogP contribution in [0.4, 0.5) is 0 Å². The van der Waals surface area contributed by atoms with E-state index in [9.17, 15) is 9.59 Å². The van der Waals surface area contributed by atoms with E-state index in [1.807, 2.05) is 0 Å². The Morgan fingerprint density at radius 2 is 1.62 bits per heavy atom. The number of carbonyl (C=O) groups excluding carboxylic acids is 2. The lowest BCUT2D eigenvalue weighted by atomic mass is 9.80. The van der Waals surface area contributed by atoms with Crippen LogP contribution in [0.1, 0.15) is 32.6 Å². The van der Waals surface area contributed by atoms with Crippen LogP contribution < -0.4 is 0 Å². The monoisotopic (exact) mass is 294 g/mol. The summed E-state index contributed by atoms with van der Waals surface area (Å²) >= 11 is 3.31. The molecule has 94 valence electrons. The standard InChI is InChI=1S/C11H19BrO4/c1-4-11(9(13)15-2,10(14)16-3)7-5-6-8-12/h4-8H2,1-3H3. The molecule has 0 aromatic carbocycles. The van der Waals surface area contributed by atoms with E-state index in [2.05, 4.69) is 15.9 Å². The molecule has 0 heterocycles. The van der Waals surface area contributed by atoms with Crippen LogP contribution in [0.3, 0.4) is 0 Å². The summed E-state index contributed by atoms with van der Waals surface area (Å²) in [6, 6.07) is 0. The van der Waals surface area contributed by atoms with Gasteiger partial charge in [0.15, 0.2) is 5.41 Å². The van der Waals surface area contributed by atoms with Gasteiger partial charge in [0.05, 0.1) is 14.2 Å². The molecule has 5 heteroatoms. The molecule has 0 atom stereocenters. The number of hydrogen-bond donors (Lipinski definition) is 0. The number of unbranched alkanes of at least 4 members (excludes halogenated alkanes) is 1. The quantitative estimate of drug-likeness (QED) is 0.313. The average Bonchev–Trinajstić information content (AvgIpc) is 2.33. The lowest BCUT2D eigenvalue weighted by Gasteiger charge is -2.26. The molecule has 0 amide bonds. The van der Waals surface area contributed by atoms with Gasteiger partial charge in [0.25, 0.3) is 0 Å². The number of alkyl halides is 1. The van der Waals surface area contributed by atoms with Crippen molar-refractivity contribution < 1.29 is 19.1 Å². The second-order valence-corrected chi connectivity index (χ2v) is 4.36. The van der Waals surface area contributed by atoms with Crippen molar-refractivity contribution >= 4 is 27.9 Å². The molecule has 0 unspecified atom stereocenters. The van der Waals surface area contributed by atoms with E-state index >= 15 is 0 Å². The highest BCUT2D eigenvalue weighted by molar-refractivity contribution is 9.09. The number of rotatable bonds is 7. The Morgan fingerprint density at radius 1 is 1.12 bits per heavy atom. The fourth-order valence-corrected chi connectivity index (χ4v) is 2.06. The Hall–Kier alpha value is -0.580. The molecular formula is C11H19BrO4. The van der Waals surface area contributed by atoms with E-state index in [1.165, 1.54) is 14.2 Å². The van der Waals surface area contributed by atoms with Crippen LogP contribution in [-0.2, 0) is 19.1 Å². The third kappa shape index (κ3) is 3.47. The summed E-state index contributed by atoms with van der Waals surface area (Å²) in [7, 11) is 2.58. The van der Waals surface area contributed by atoms with Gasteiger partial charge in [-0.3, -0.25) is 9.59 Å². The van der Waals surface area contributed by atoms with Crippen LogP contribution in [0.5, 0.6) is 0 Å². The highest BCUT2D eigenvalue weighted by Crippen LogP contribution is 2.32. The van der Waals surface area contributed by atoms with Crippen LogP contribution in [-0.4, -0.2) is 31.5 Å². The van der Waals surface area contributed by atoms with Crippen molar-refractivity contribution in [3.63, 3.8) is 0 Å². The maximum Gasteiger partial charge on any atom is 0.323 e. The van der Waals surface area contributed by atoms with Crippen LogP contribution in [0.2, 0.25) is 0 Å². The van der Waals surface area contributed by atoms with Gasteiger partial charge in [0.2, 0.25) is 0 Å². The number of halogens is 1. The first-order valence-electron chi connectivity index (χ1n) is 5.31. The molecule has 16 heavy (non-hydrogen) atoms. The SMILES string of the molecule is CCC(CCCCBr)(C(=O)OC)C(=O)OC. The highest BCUT2D eigenvalue weighted by atomic mass is 79.9. The second-order valence-electron chi connectivity index (χ2n) is 3.56. The van der Waals surface area contributed by atoms with E-state index in [4.69, 9.17) is 9.47 Å². The van der Waals surface area contributed by atoms with Crippen LogP contribution in [0, 0.1) is 5.41 Å². The van der Waals surface area contributed by atoms with Gasteiger partial charge >= 0.3 is 11.9 Å². The Morgan fingerprint density at radius 3 is 1.94 bits per heavy atom. The minimum Gasteiger partial charge on any atom is -0.468 e. The largest absolute Gasteiger partial charge is 0.468 e. The predicted molar refractivity (Wildman–Crippen MR) is 64.4 cm³/mol. The Kier molecular flexibility index (Phi) is 7.38. The molecule has 0 aromatic heterocycles. The highest BCUT2D eigenvalue weighted by Gasteiger charge is 2.46. The van der Waals surface area contributed by atoms with Gasteiger partial charge < -0.3 is 9.47 Å². The molecule has 0 aliphatic carbocycles. The zero-order valence-electron chi connectivity index (χ0n) is 10.0. The molecule has 4 nitrogen and oxygen atoms in total. The van der Waals surface area contributed by atoms with Gasteiger partial charge in [0, 0.05) is 5.33 Å². The summed E-state index contributed by atoms with van der Waals surface area (Å²) in [5.74, 6) is -1.01. The van der Waals surface area contributed by atoms with Crippen LogP contribution >= 0.6 is 15.9 Å². The lowest BCUT2D eigenvalue weighted by Crippen LogP contribution is -2.40. The molecule has 0 bridgehead atoms. The minimum atomic E-state index is -1.13. The van der Waals surface area contributed by atoms with Gasteiger partial charge in [-0.2, -0.15) is 0 Å². The summed E-state index contributed by atoms with van der Waals surface area (Å²) in [6.07, 6.45) is 2.56. The number of esters is 2. The van der Waals surface area contributed by atoms with E-state index in [1.54, 1.807) is 6.92 Å². The predicted octanol–water partition coefficient (Wildman–Crippen LogP) is 2.29. The fraction of sp³-hybridized carbons (Fsp3) is 0.818. The minimum absolute atomic E-state index is 0.397. The average molecular weight is 295 g/mol. The topological polar surface area (TPSA) is 52.6 Å². The maximum atomic E-state index is 11.7. The lowest BCUT2D eigenvalue weighted by molar-refractivity contribution is -0.170. The first-order valence-corrected chi connectivity index (χ1v) is 6.44. The van der Waals surface area contributed by atoms with Crippen LogP contribution in [0.15, 0.2) is 0 Å². The van der Waals surface area contributed by atoms with Crippen LogP contribution in [0.25, 0.3) is 0 Å². The zero-order chi connectivity index (χ0) is 12.6. The van der Waals surface area contributed by atoms with Crippen molar-refractivity contribution in [1.82, 2.24) is 0 Å². The van der Waals surface area contributed by atoms with Gasteiger partial charge in [-0.05, 0) is 19.3 Å². The molecule has 0 rings (SSSR count). The molecule has 0 aliphatic rings. The Balaban J connectivity index is 4.81. The summed E-state index contributed by atoms with van der Waals surface area (Å²) in [6.45, 7) is 1.79. The third-order valence-corrected chi connectivity index (χ3v) is 3.30. The van der Waals surface area contributed by atoms with E-state index in [0.717, 1.165) is 18.2 Å². The molecule has 0 aromatic rings. The second kappa shape index (κ2) is 7.65. The maximum absolute atomic E-state index is 11.7. The van der Waals surface area contributed by atoms with Gasteiger partial charge in [-0.15, -0.1) is 0 Å². The summed E-state index contributed by atoms with van der Waals surface area (Å²) in [5.41, 5.74) is -1.13. The molecule has 0 saturated carbocycles. The molecule has 0 spiro atoms. The fourth-order valence-electron chi connectivity index (χ4n) is 1.66. The molecule has 0 saturated heterocycles. The molecular weight excluding hydrogens is 276 g/mol. The smallest absolute Gasteiger partial charge is 0.323 e. The van der Waals surface area contributed by atoms with Crippen molar-refractivity contribution in [3.05, 3.63) is 0 Å². The van der Waals surface area contributed by atoms with Crippen molar-refractivity contribution in [2.45, 2.75) is 32.6 Å². The molecule has 0 N–H and O–H groups in total. The van der Waals surface area contributed by atoms with E-state index < -0.39 is 17.4 Å². The van der Waals surface area contributed by atoms with Gasteiger partial charge in [-0.25, -0.2) is 0 Å². The first kappa shape index (κ1) is 15.4. The Bertz CT molecular complexity index is 224. The van der Waals surface area contributed by atoms with E-state index in [-0.39, 0.29) is 0 Å². The summed E-state index contributed by atoms with van der Waals surface area (Å²) in [4.78, 5) is 23.4. The molecule has 0 aliphatic heterocycles. The zero-order valence-corrected chi connectivity index (χ0v) is 11.6. The van der Waals surface area contributed by atoms with Crippen molar-refractivity contribution in [3.8, 4) is 0 Å². The van der Waals surface area contributed by atoms with Crippen molar-refractivity contribution in [2.24, 2.45) is 5.41 Å². The third-order valence-electron chi connectivity index (χ3n) is 2.74. The van der Waals surface area contributed by atoms with E-state index in [0.29, 0.717) is 12.8 Å². The molecule has 0 fully saturated rings.